The minimum atomic E-state index is 0.0607. The number of amidine groups is 1. The molecule has 0 saturated carbocycles. The fraction of sp³-hybridized carbons (Fsp3) is 0.273. The highest BCUT2D eigenvalue weighted by molar-refractivity contribution is 5.97. The molecule has 0 fully saturated rings. The van der Waals surface area contributed by atoms with E-state index in [0.717, 1.165) is 48.6 Å². The second-order valence-corrected chi connectivity index (χ2v) is 6.59. The molecule has 0 unspecified atom stereocenters. The van der Waals surface area contributed by atoms with Gasteiger partial charge in [-0.15, -0.1) is 0 Å². The molecule has 3 rings (SSSR count). The maximum Gasteiger partial charge on any atom is 0.170 e. The molecule has 0 spiro atoms. The number of oxime groups is 1. The van der Waals surface area contributed by atoms with Gasteiger partial charge < -0.3 is 25.9 Å². The summed E-state index contributed by atoms with van der Waals surface area (Å²) in [5, 5.41) is 16.1. The van der Waals surface area contributed by atoms with Gasteiger partial charge in [-0.1, -0.05) is 31.1 Å². The van der Waals surface area contributed by atoms with Gasteiger partial charge in [0.25, 0.3) is 0 Å². The van der Waals surface area contributed by atoms with Crippen LogP contribution in [0.5, 0.6) is 11.5 Å². The van der Waals surface area contributed by atoms with E-state index in [2.05, 4.69) is 29.2 Å². The van der Waals surface area contributed by atoms with Crippen LogP contribution >= 0.6 is 0 Å². The summed E-state index contributed by atoms with van der Waals surface area (Å²) in [7, 11) is 0. The van der Waals surface area contributed by atoms with E-state index in [9.17, 15) is 0 Å². The number of ether oxygens (including phenoxy) is 1. The van der Waals surface area contributed by atoms with Gasteiger partial charge in [0.15, 0.2) is 5.84 Å². The number of likely N-dealkylation sites (N-methyl/N-ethyl adjacent to an activating group) is 1. The van der Waals surface area contributed by atoms with Gasteiger partial charge >= 0.3 is 0 Å². The fourth-order valence-electron chi connectivity index (χ4n) is 3.08. The molecule has 29 heavy (non-hydrogen) atoms. The molecule has 0 amide bonds. The number of nitrogens with zero attached hydrogens (tertiary/aromatic N) is 3. The minimum absolute atomic E-state index is 0.0607. The van der Waals surface area contributed by atoms with Crippen LogP contribution in [0.1, 0.15) is 19.4 Å². The predicted octanol–water partition coefficient (Wildman–Crippen LogP) is 3.88. The van der Waals surface area contributed by atoms with E-state index in [1.165, 1.54) is 0 Å². The van der Waals surface area contributed by atoms with Gasteiger partial charge in [-0.05, 0) is 49.5 Å². The van der Waals surface area contributed by atoms with Crippen LogP contribution in [0.2, 0.25) is 0 Å². The normalized spacial score (nSPS) is 11.8. The molecule has 1 heterocycles. The highest BCUT2D eigenvalue weighted by Gasteiger charge is 2.09. The van der Waals surface area contributed by atoms with Gasteiger partial charge in [-0.3, -0.25) is 0 Å². The topological polar surface area (TPSA) is 96.0 Å². The Bertz CT molecular complexity index is 969. The molecule has 0 saturated heterocycles. The maximum atomic E-state index is 8.79. The standard InChI is InChI=1S/C22H27N5O2/c1-3-27(4-2)14-13-24-21-15-20(18-7-5-6-8-19(18)25-21)29-17-11-9-16(10-12-17)22(23)26-28/h5-12,15,28H,3-4,13-14H2,1-2H3,(H2,23,26)(H,24,25). The molecule has 1 aromatic heterocycles. The minimum Gasteiger partial charge on any atom is -0.457 e. The van der Waals surface area contributed by atoms with E-state index in [0.29, 0.717) is 11.3 Å². The quantitative estimate of drug-likeness (QED) is 0.221. The van der Waals surface area contributed by atoms with Crippen molar-refractivity contribution in [2.75, 3.05) is 31.5 Å². The molecule has 7 heteroatoms. The van der Waals surface area contributed by atoms with Crippen molar-refractivity contribution in [2.24, 2.45) is 10.9 Å². The zero-order valence-electron chi connectivity index (χ0n) is 16.8. The number of para-hydroxylation sites is 1. The number of nitrogens with one attached hydrogen (secondary N) is 1. The Hall–Kier alpha value is -3.32. The zero-order chi connectivity index (χ0) is 20.6. The number of aromatic nitrogens is 1. The molecule has 0 aliphatic carbocycles. The lowest BCUT2D eigenvalue weighted by Gasteiger charge is -2.18. The molecule has 0 atom stereocenters. The van der Waals surface area contributed by atoms with E-state index in [-0.39, 0.29) is 5.84 Å². The third kappa shape index (κ3) is 5.14. The van der Waals surface area contributed by atoms with Gasteiger partial charge in [-0.2, -0.15) is 0 Å². The van der Waals surface area contributed by atoms with Gasteiger partial charge in [0, 0.05) is 30.1 Å². The Labute approximate surface area is 170 Å². The summed E-state index contributed by atoms with van der Waals surface area (Å²) in [6.45, 7) is 8.14. The Morgan fingerprint density at radius 1 is 1.14 bits per heavy atom. The van der Waals surface area contributed by atoms with Crippen molar-refractivity contribution in [2.45, 2.75) is 13.8 Å². The number of benzene rings is 2. The van der Waals surface area contributed by atoms with E-state index in [1.807, 2.05) is 30.3 Å². The molecular weight excluding hydrogens is 366 g/mol. The van der Waals surface area contributed by atoms with Gasteiger partial charge in [-0.25, -0.2) is 4.98 Å². The predicted molar refractivity (Wildman–Crippen MR) is 117 cm³/mol. The Kier molecular flexibility index (Phi) is 6.86. The first-order chi connectivity index (χ1) is 14.1. The smallest absolute Gasteiger partial charge is 0.170 e. The SMILES string of the molecule is CCN(CC)CCNc1cc(Oc2ccc(/C(N)=N/O)cc2)c2ccccc2n1. The highest BCUT2D eigenvalue weighted by atomic mass is 16.5. The monoisotopic (exact) mass is 393 g/mol. The first kappa shape index (κ1) is 20.4. The van der Waals surface area contributed by atoms with E-state index < -0.39 is 0 Å². The van der Waals surface area contributed by atoms with Crippen LogP contribution in [-0.4, -0.2) is 47.1 Å². The Morgan fingerprint density at radius 3 is 2.55 bits per heavy atom. The summed E-state index contributed by atoms with van der Waals surface area (Å²) >= 11 is 0. The van der Waals surface area contributed by atoms with Crippen LogP contribution in [0.4, 0.5) is 5.82 Å². The Balaban J connectivity index is 1.82. The average Bonchev–Trinajstić information content (AvgIpc) is 2.77. The summed E-state index contributed by atoms with van der Waals surface area (Å²) in [4.78, 5) is 7.06. The summed E-state index contributed by atoms with van der Waals surface area (Å²) in [6.07, 6.45) is 0. The first-order valence-electron chi connectivity index (χ1n) is 9.76. The van der Waals surface area contributed by atoms with Gasteiger partial charge in [0.2, 0.25) is 0 Å². The van der Waals surface area contributed by atoms with E-state index in [1.54, 1.807) is 24.3 Å². The number of fused-ring (bicyclic) bond motifs is 1. The van der Waals surface area contributed by atoms with Crippen molar-refractivity contribution >= 4 is 22.6 Å². The van der Waals surface area contributed by atoms with Crippen LogP contribution < -0.4 is 15.8 Å². The van der Waals surface area contributed by atoms with Crippen molar-refractivity contribution in [1.82, 2.24) is 9.88 Å². The molecular formula is C22H27N5O2. The Morgan fingerprint density at radius 2 is 1.86 bits per heavy atom. The largest absolute Gasteiger partial charge is 0.457 e. The molecule has 2 aromatic carbocycles. The molecule has 0 bridgehead atoms. The van der Waals surface area contributed by atoms with Gasteiger partial charge in [0.1, 0.15) is 17.3 Å². The highest BCUT2D eigenvalue weighted by Crippen LogP contribution is 2.31. The molecule has 4 N–H and O–H groups in total. The summed E-state index contributed by atoms with van der Waals surface area (Å²) in [6, 6.07) is 16.9. The number of hydrogen-bond donors (Lipinski definition) is 3. The van der Waals surface area contributed by atoms with E-state index in [4.69, 9.17) is 20.7 Å². The lowest BCUT2D eigenvalue weighted by molar-refractivity contribution is 0.316. The second kappa shape index (κ2) is 9.75. The van der Waals surface area contributed by atoms with Crippen LogP contribution in [0.15, 0.2) is 59.8 Å². The number of nitrogens with two attached hydrogens (primary N) is 1. The lowest BCUT2D eigenvalue weighted by atomic mass is 10.2. The summed E-state index contributed by atoms with van der Waals surface area (Å²) in [5.41, 5.74) is 7.11. The molecule has 0 aliphatic rings. The van der Waals surface area contributed by atoms with Crippen molar-refractivity contribution in [3.8, 4) is 11.5 Å². The number of rotatable bonds is 9. The lowest BCUT2D eigenvalue weighted by Crippen LogP contribution is -2.28. The van der Waals surface area contributed by atoms with Crippen molar-refractivity contribution < 1.29 is 9.94 Å². The molecule has 3 aromatic rings. The first-order valence-corrected chi connectivity index (χ1v) is 9.76. The maximum absolute atomic E-state index is 8.79. The second-order valence-electron chi connectivity index (χ2n) is 6.59. The third-order valence-corrected chi connectivity index (χ3v) is 4.79. The number of anilines is 1. The van der Waals surface area contributed by atoms with Crippen molar-refractivity contribution in [3.05, 3.63) is 60.2 Å². The molecule has 0 radical (unpaired) electrons. The van der Waals surface area contributed by atoms with Crippen molar-refractivity contribution in [1.29, 1.82) is 0 Å². The van der Waals surface area contributed by atoms with Crippen LogP contribution in [-0.2, 0) is 0 Å². The summed E-state index contributed by atoms with van der Waals surface area (Å²) < 4.78 is 6.14. The van der Waals surface area contributed by atoms with E-state index >= 15 is 0 Å². The molecule has 7 nitrogen and oxygen atoms in total. The number of pyridine rings is 1. The number of hydrogen-bond acceptors (Lipinski definition) is 6. The summed E-state index contributed by atoms with van der Waals surface area (Å²) in [5.74, 6) is 2.21. The van der Waals surface area contributed by atoms with Crippen molar-refractivity contribution in [3.63, 3.8) is 0 Å². The van der Waals surface area contributed by atoms with Crippen LogP contribution in [0.3, 0.4) is 0 Å². The van der Waals surface area contributed by atoms with Gasteiger partial charge in [0.05, 0.1) is 5.52 Å². The van der Waals surface area contributed by atoms with Crippen LogP contribution in [0, 0.1) is 0 Å². The average molecular weight is 393 g/mol. The fourth-order valence-corrected chi connectivity index (χ4v) is 3.08. The van der Waals surface area contributed by atoms with Crippen LogP contribution in [0.25, 0.3) is 10.9 Å². The third-order valence-electron chi connectivity index (χ3n) is 4.79. The zero-order valence-corrected chi connectivity index (χ0v) is 16.8. The molecule has 0 aliphatic heterocycles. The molecule has 152 valence electrons.